The number of imidazole rings is 1. The largest absolute Gasteiger partial charge is 0.356 e. The molecule has 0 spiro atoms. The van der Waals surface area contributed by atoms with Gasteiger partial charge >= 0.3 is 0 Å². The summed E-state index contributed by atoms with van der Waals surface area (Å²) in [5.41, 5.74) is 1.22. The number of aromatic amines is 1. The fourth-order valence-electron chi connectivity index (χ4n) is 3.01. The number of nitrogens with zero attached hydrogens (tertiary/aromatic N) is 5. The molecule has 0 aliphatic rings. The zero-order valence-corrected chi connectivity index (χ0v) is 15.1. The Bertz CT molecular complexity index is 1090. The highest BCUT2D eigenvalue weighted by molar-refractivity contribution is 5.76. The molecule has 0 amide bonds. The minimum Gasteiger partial charge on any atom is -0.356 e. The summed E-state index contributed by atoms with van der Waals surface area (Å²) in [4.78, 5) is 23.9. The molecule has 0 unspecified atom stereocenters. The van der Waals surface area contributed by atoms with E-state index >= 15 is 0 Å². The van der Waals surface area contributed by atoms with Crippen LogP contribution in [0.4, 0.5) is 5.95 Å². The first-order chi connectivity index (χ1) is 13.2. The van der Waals surface area contributed by atoms with Crippen LogP contribution in [0, 0.1) is 6.92 Å². The molecule has 0 radical (unpaired) electrons. The molecule has 4 aromatic rings. The number of fused-ring (bicyclic) bond motifs is 1. The third-order valence-corrected chi connectivity index (χ3v) is 4.48. The van der Waals surface area contributed by atoms with Gasteiger partial charge in [0.05, 0.1) is 11.9 Å². The lowest BCUT2D eigenvalue weighted by atomic mass is 10.3. The molecule has 0 aliphatic heterocycles. The van der Waals surface area contributed by atoms with Gasteiger partial charge in [0, 0.05) is 25.5 Å². The summed E-state index contributed by atoms with van der Waals surface area (Å²) < 4.78 is 3.81. The van der Waals surface area contributed by atoms with E-state index in [0.717, 1.165) is 37.4 Å². The average molecular weight is 363 g/mol. The van der Waals surface area contributed by atoms with E-state index in [0.29, 0.717) is 17.0 Å². The fourth-order valence-corrected chi connectivity index (χ4v) is 3.01. The number of aromatic nitrogens is 6. The molecule has 0 saturated heterocycles. The van der Waals surface area contributed by atoms with E-state index in [4.69, 9.17) is 0 Å². The third kappa shape index (κ3) is 3.59. The van der Waals surface area contributed by atoms with Crippen molar-refractivity contribution in [2.45, 2.75) is 26.3 Å². The predicted octanol–water partition coefficient (Wildman–Crippen LogP) is 2.51. The van der Waals surface area contributed by atoms with Gasteiger partial charge in [0.2, 0.25) is 5.95 Å². The van der Waals surface area contributed by atoms with Crippen molar-refractivity contribution in [3.63, 3.8) is 0 Å². The predicted molar refractivity (Wildman–Crippen MR) is 104 cm³/mol. The van der Waals surface area contributed by atoms with Crippen molar-refractivity contribution < 1.29 is 0 Å². The first-order valence-electron chi connectivity index (χ1n) is 8.97. The summed E-state index contributed by atoms with van der Waals surface area (Å²) in [6.07, 6.45) is 7.31. The maximum absolute atomic E-state index is 12.3. The Morgan fingerprint density at radius 1 is 1.19 bits per heavy atom. The highest BCUT2D eigenvalue weighted by Crippen LogP contribution is 2.14. The number of H-pyrrole nitrogens is 1. The van der Waals surface area contributed by atoms with Crippen LogP contribution in [0.2, 0.25) is 0 Å². The summed E-state index contributed by atoms with van der Waals surface area (Å²) in [5, 5.41) is 7.99. The van der Waals surface area contributed by atoms with E-state index < -0.39 is 0 Å². The Labute approximate surface area is 155 Å². The van der Waals surface area contributed by atoms with E-state index in [1.807, 2.05) is 49.6 Å². The molecule has 1 aromatic carbocycles. The van der Waals surface area contributed by atoms with E-state index in [1.165, 1.54) is 0 Å². The lowest BCUT2D eigenvalue weighted by molar-refractivity contribution is 0.606. The van der Waals surface area contributed by atoms with E-state index in [-0.39, 0.29) is 5.56 Å². The molecule has 0 fully saturated rings. The van der Waals surface area contributed by atoms with Gasteiger partial charge in [-0.25, -0.2) is 9.67 Å². The van der Waals surface area contributed by atoms with Crippen LogP contribution in [0.1, 0.15) is 18.7 Å². The van der Waals surface area contributed by atoms with Crippen LogP contribution in [-0.2, 0) is 6.54 Å². The van der Waals surface area contributed by atoms with Gasteiger partial charge in [-0.15, -0.1) is 0 Å². The molecule has 0 atom stereocenters. The number of anilines is 1. The number of rotatable bonds is 7. The van der Waals surface area contributed by atoms with Crippen molar-refractivity contribution >= 4 is 17.0 Å². The van der Waals surface area contributed by atoms with Crippen LogP contribution in [-0.4, -0.2) is 35.8 Å². The van der Waals surface area contributed by atoms with E-state index in [9.17, 15) is 4.79 Å². The molecule has 0 bridgehead atoms. The summed E-state index contributed by atoms with van der Waals surface area (Å²) >= 11 is 0. The lowest BCUT2D eigenvalue weighted by Gasteiger charge is -2.08. The smallest absolute Gasteiger partial charge is 0.263 e. The van der Waals surface area contributed by atoms with Gasteiger partial charge in [-0.2, -0.15) is 10.1 Å². The first kappa shape index (κ1) is 17.0. The zero-order chi connectivity index (χ0) is 18.6. The van der Waals surface area contributed by atoms with Crippen LogP contribution in [0.3, 0.4) is 0 Å². The molecule has 0 aliphatic carbocycles. The number of hydrogen-bond acceptors (Lipinski definition) is 5. The highest BCUT2D eigenvalue weighted by Gasteiger charge is 2.11. The number of nitrogens with one attached hydrogen (secondary N) is 2. The summed E-state index contributed by atoms with van der Waals surface area (Å²) in [6, 6.07) is 9.66. The van der Waals surface area contributed by atoms with Crippen LogP contribution in [0.25, 0.3) is 16.7 Å². The number of unbranched alkanes of at least 4 members (excludes halogenated alkanes) is 1. The van der Waals surface area contributed by atoms with Crippen LogP contribution < -0.4 is 10.9 Å². The molecule has 8 heteroatoms. The SMILES string of the molecule is Cc1nccn1CCCCNc1nc2c(cnn2-c2ccccc2)c(=O)[nH]1. The van der Waals surface area contributed by atoms with Crippen molar-refractivity contribution in [3.8, 4) is 5.69 Å². The second-order valence-electron chi connectivity index (χ2n) is 6.35. The lowest BCUT2D eigenvalue weighted by Crippen LogP contribution is -2.14. The molecule has 138 valence electrons. The van der Waals surface area contributed by atoms with Gasteiger partial charge in [-0.05, 0) is 31.9 Å². The maximum Gasteiger partial charge on any atom is 0.263 e. The topological polar surface area (TPSA) is 93.4 Å². The fraction of sp³-hybridized carbons (Fsp3) is 0.263. The Morgan fingerprint density at radius 3 is 2.81 bits per heavy atom. The van der Waals surface area contributed by atoms with Gasteiger partial charge in [0.25, 0.3) is 5.56 Å². The quantitative estimate of drug-likeness (QED) is 0.492. The van der Waals surface area contributed by atoms with Gasteiger partial charge in [0.1, 0.15) is 11.2 Å². The normalized spacial score (nSPS) is 11.1. The molecule has 27 heavy (non-hydrogen) atoms. The van der Waals surface area contributed by atoms with E-state index in [1.54, 1.807) is 10.9 Å². The molecule has 0 saturated carbocycles. The van der Waals surface area contributed by atoms with Crippen molar-refractivity contribution in [1.82, 2.24) is 29.3 Å². The van der Waals surface area contributed by atoms with Crippen molar-refractivity contribution in [2.24, 2.45) is 0 Å². The minimum absolute atomic E-state index is 0.196. The number of benzene rings is 1. The number of hydrogen-bond donors (Lipinski definition) is 2. The van der Waals surface area contributed by atoms with Crippen LogP contribution >= 0.6 is 0 Å². The second kappa shape index (κ2) is 7.45. The molecule has 4 rings (SSSR count). The third-order valence-electron chi connectivity index (χ3n) is 4.48. The summed E-state index contributed by atoms with van der Waals surface area (Å²) in [6.45, 7) is 3.65. The van der Waals surface area contributed by atoms with Gasteiger partial charge in [-0.3, -0.25) is 9.78 Å². The Hall–Kier alpha value is -3.42. The Balaban J connectivity index is 1.44. The minimum atomic E-state index is -0.196. The average Bonchev–Trinajstić information content (AvgIpc) is 3.29. The molecule has 3 heterocycles. The molecular weight excluding hydrogens is 342 g/mol. The second-order valence-corrected chi connectivity index (χ2v) is 6.35. The van der Waals surface area contributed by atoms with Crippen LogP contribution in [0.5, 0.6) is 0 Å². The zero-order valence-electron chi connectivity index (χ0n) is 15.1. The number of para-hydroxylation sites is 1. The van der Waals surface area contributed by atoms with Gasteiger partial charge in [-0.1, -0.05) is 18.2 Å². The summed E-state index contributed by atoms with van der Waals surface area (Å²) in [7, 11) is 0. The van der Waals surface area contributed by atoms with E-state index in [2.05, 4.69) is 29.9 Å². The van der Waals surface area contributed by atoms with Crippen molar-refractivity contribution in [3.05, 3.63) is 65.1 Å². The highest BCUT2D eigenvalue weighted by atomic mass is 16.1. The summed E-state index contributed by atoms with van der Waals surface area (Å²) in [5.74, 6) is 1.48. The Kier molecular flexibility index (Phi) is 4.69. The molecule has 2 N–H and O–H groups in total. The standard InChI is InChI=1S/C19H21N7O/c1-14-20-10-12-25(14)11-6-5-9-21-19-23-17-16(18(27)24-19)13-22-26(17)15-7-3-2-4-8-15/h2-4,7-8,10,12-13H,5-6,9,11H2,1H3,(H2,21,23,24,27). The molecular formula is C19H21N7O. The van der Waals surface area contributed by atoms with Gasteiger partial charge < -0.3 is 9.88 Å². The molecule has 3 aromatic heterocycles. The monoisotopic (exact) mass is 363 g/mol. The molecule has 8 nitrogen and oxygen atoms in total. The van der Waals surface area contributed by atoms with Crippen molar-refractivity contribution in [2.75, 3.05) is 11.9 Å². The van der Waals surface area contributed by atoms with Gasteiger partial charge in [0.15, 0.2) is 5.65 Å². The maximum atomic E-state index is 12.3. The Morgan fingerprint density at radius 2 is 2.04 bits per heavy atom. The van der Waals surface area contributed by atoms with Crippen molar-refractivity contribution in [1.29, 1.82) is 0 Å². The number of aryl methyl sites for hydroxylation is 2. The van der Waals surface area contributed by atoms with Crippen LogP contribution in [0.15, 0.2) is 53.7 Å². The first-order valence-corrected chi connectivity index (χ1v) is 8.97.